The highest BCUT2D eigenvalue weighted by molar-refractivity contribution is 6.30. The van der Waals surface area contributed by atoms with E-state index in [1.165, 1.54) is 6.07 Å². The standard InChI is InChI=1S/C31H37ClFNO4/c1-19(2)27-15-22(11-12-26(27)30(36)37)25-9-7-6-8-24(25)20(3)38-18-23(35)17-34-31(4,5)16-21-10-13-28(32)29(33)14-21/h6-15,19-20,23,34-35H,16-18H2,1-5H3,(H,36,37). The number of carboxylic acids is 1. The van der Waals surface area contributed by atoms with Gasteiger partial charge in [-0.15, -0.1) is 0 Å². The van der Waals surface area contributed by atoms with Crippen molar-refractivity contribution >= 4 is 17.6 Å². The molecule has 0 fully saturated rings. The lowest BCUT2D eigenvalue weighted by Crippen LogP contribution is -2.46. The third-order valence-electron chi connectivity index (χ3n) is 6.60. The molecule has 3 aromatic rings. The van der Waals surface area contributed by atoms with Crippen LogP contribution in [0.4, 0.5) is 4.39 Å². The third kappa shape index (κ3) is 7.87. The van der Waals surface area contributed by atoms with E-state index in [9.17, 15) is 19.4 Å². The van der Waals surface area contributed by atoms with E-state index in [1.54, 1.807) is 18.2 Å². The molecule has 0 bridgehead atoms. The van der Waals surface area contributed by atoms with Crippen molar-refractivity contribution in [2.24, 2.45) is 0 Å². The number of aliphatic hydroxyl groups is 1. The van der Waals surface area contributed by atoms with Crippen LogP contribution < -0.4 is 5.32 Å². The normalized spacial score (nSPS) is 13.5. The van der Waals surface area contributed by atoms with Crippen molar-refractivity contribution in [2.45, 2.75) is 64.7 Å². The predicted molar refractivity (Wildman–Crippen MR) is 150 cm³/mol. The molecule has 0 aliphatic carbocycles. The van der Waals surface area contributed by atoms with Crippen molar-refractivity contribution < 1.29 is 24.1 Å². The smallest absolute Gasteiger partial charge is 0.335 e. The molecule has 38 heavy (non-hydrogen) atoms. The molecule has 0 saturated heterocycles. The van der Waals surface area contributed by atoms with Gasteiger partial charge in [0.2, 0.25) is 0 Å². The van der Waals surface area contributed by atoms with Gasteiger partial charge in [-0.25, -0.2) is 9.18 Å². The van der Waals surface area contributed by atoms with Gasteiger partial charge in [-0.2, -0.15) is 0 Å². The fourth-order valence-corrected chi connectivity index (χ4v) is 4.66. The van der Waals surface area contributed by atoms with Crippen molar-refractivity contribution in [3.8, 4) is 11.1 Å². The number of carboxylic acid groups (broad SMARTS) is 1. The second kappa shape index (κ2) is 12.9. The fraction of sp³-hybridized carbons (Fsp3) is 0.387. The molecule has 2 atom stereocenters. The van der Waals surface area contributed by atoms with Gasteiger partial charge in [0.25, 0.3) is 0 Å². The van der Waals surface area contributed by atoms with E-state index in [2.05, 4.69) is 5.32 Å². The Labute approximate surface area is 229 Å². The van der Waals surface area contributed by atoms with E-state index >= 15 is 0 Å². The number of ether oxygens (including phenoxy) is 1. The number of β-amino-alcohol motifs (C(OH)–C–C–N with tert-alkyl or cyclic N) is 1. The molecule has 3 N–H and O–H groups in total. The van der Waals surface area contributed by atoms with Crippen LogP contribution in [0, 0.1) is 5.82 Å². The summed E-state index contributed by atoms with van der Waals surface area (Å²) in [5.74, 6) is -1.32. The van der Waals surface area contributed by atoms with E-state index < -0.39 is 17.9 Å². The SMILES string of the molecule is CC(C)c1cc(-c2ccccc2C(C)OCC(O)CNC(C)(C)Cc2ccc(Cl)c(F)c2)ccc1C(=O)O. The summed E-state index contributed by atoms with van der Waals surface area (Å²) < 4.78 is 19.8. The first-order valence-electron chi connectivity index (χ1n) is 12.8. The Bertz CT molecular complexity index is 1260. The van der Waals surface area contributed by atoms with E-state index in [1.807, 2.05) is 71.0 Å². The maximum atomic E-state index is 13.8. The van der Waals surface area contributed by atoms with Crippen molar-refractivity contribution in [2.75, 3.05) is 13.2 Å². The number of hydrogen-bond donors (Lipinski definition) is 3. The fourth-order valence-electron chi connectivity index (χ4n) is 4.54. The molecule has 3 aromatic carbocycles. The van der Waals surface area contributed by atoms with Gasteiger partial charge in [-0.3, -0.25) is 0 Å². The molecule has 0 saturated carbocycles. The lowest BCUT2D eigenvalue weighted by Gasteiger charge is -2.28. The zero-order valence-corrected chi connectivity index (χ0v) is 23.3. The molecule has 3 rings (SSSR count). The quantitative estimate of drug-likeness (QED) is 0.230. The Morgan fingerprint density at radius 1 is 1.05 bits per heavy atom. The summed E-state index contributed by atoms with van der Waals surface area (Å²) in [6.45, 7) is 10.3. The largest absolute Gasteiger partial charge is 0.478 e. The van der Waals surface area contributed by atoms with Crippen molar-refractivity contribution in [3.63, 3.8) is 0 Å². The topological polar surface area (TPSA) is 78.8 Å². The third-order valence-corrected chi connectivity index (χ3v) is 6.91. The van der Waals surface area contributed by atoms with Crippen LogP contribution in [0.3, 0.4) is 0 Å². The number of aromatic carboxylic acids is 1. The second-order valence-electron chi connectivity index (χ2n) is 10.7. The Morgan fingerprint density at radius 3 is 2.42 bits per heavy atom. The van der Waals surface area contributed by atoms with Crippen molar-refractivity contribution in [1.29, 1.82) is 0 Å². The van der Waals surface area contributed by atoms with Gasteiger partial charge in [-0.1, -0.05) is 67.9 Å². The molecule has 0 aliphatic rings. The molecule has 0 radical (unpaired) electrons. The predicted octanol–water partition coefficient (Wildman–Crippen LogP) is 7.02. The van der Waals surface area contributed by atoms with Crippen molar-refractivity contribution in [1.82, 2.24) is 5.32 Å². The van der Waals surface area contributed by atoms with E-state index in [-0.39, 0.29) is 29.2 Å². The van der Waals surface area contributed by atoms with Gasteiger partial charge in [-0.05, 0) is 79.1 Å². The van der Waals surface area contributed by atoms with Crippen molar-refractivity contribution in [3.05, 3.63) is 93.8 Å². The molecule has 204 valence electrons. The Hall–Kier alpha value is -2.77. The average Bonchev–Trinajstić information content (AvgIpc) is 2.87. The number of carbonyl (C=O) groups is 1. The summed E-state index contributed by atoms with van der Waals surface area (Å²) >= 11 is 5.78. The molecule has 7 heteroatoms. The van der Waals surface area contributed by atoms with Gasteiger partial charge in [0.05, 0.1) is 29.4 Å². The summed E-state index contributed by atoms with van der Waals surface area (Å²) in [6.07, 6.45) is -0.474. The molecule has 0 amide bonds. The molecule has 0 aromatic heterocycles. The Kier molecular flexibility index (Phi) is 10.1. The van der Waals surface area contributed by atoms with Crippen LogP contribution in [0.2, 0.25) is 5.02 Å². The molecular weight excluding hydrogens is 505 g/mol. The van der Waals surface area contributed by atoms with Gasteiger partial charge in [0.1, 0.15) is 5.82 Å². The summed E-state index contributed by atoms with van der Waals surface area (Å²) in [5.41, 5.74) is 4.37. The highest BCUT2D eigenvalue weighted by Crippen LogP contribution is 2.33. The maximum Gasteiger partial charge on any atom is 0.335 e. The van der Waals surface area contributed by atoms with Crippen LogP contribution in [-0.2, 0) is 11.2 Å². The van der Waals surface area contributed by atoms with E-state index in [4.69, 9.17) is 16.3 Å². The highest BCUT2D eigenvalue weighted by atomic mass is 35.5. The van der Waals surface area contributed by atoms with Crippen LogP contribution in [0.15, 0.2) is 60.7 Å². The minimum Gasteiger partial charge on any atom is -0.478 e. The first-order valence-corrected chi connectivity index (χ1v) is 13.2. The molecular formula is C31H37ClFNO4. The van der Waals surface area contributed by atoms with E-state index in [0.717, 1.165) is 27.8 Å². The molecule has 2 unspecified atom stereocenters. The number of aliphatic hydroxyl groups excluding tert-OH is 1. The number of benzene rings is 3. The summed E-state index contributed by atoms with van der Waals surface area (Å²) in [6, 6.07) is 18.1. The second-order valence-corrected chi connectivity index (χ2v) is 11.1. The minimum absolute atomic E-state index is 0.0625. The molecule has 0 spiro atoms. The number of halogens is 2. The molecule has 5 nitrogen and oxygen atoms in total. The van der Waals surface area contributed by atoms with Crippen LogP contribution in [0.25, 0.3) is 11.1 Å². The Morgan fingerprint density at radius 2 is 1.76 bits per heavy atom. The van der Waals surface area contributed by atoms with Gasteiger partial charge in [0.15, 0.2) is 0 Å². The lowest BCUT2D eigenvalue weighted by molar-refractivity contribution is -0.00397. The minimum atomic E-state index is -0.934. The van der Waals surface area contributed by atoms with Gasteiger partial charge < -0.3 is 20.3 Å². The van der Waals surface area contributed by atoms with Gasteiger partial charge in [0, 0.05) is 12.1 Å². The summed E-state index contributed by atoms with van der Waals surface area (Å²) in [7, 11) is 0. The van der Waals surface area contributed by atoms with Crippen LogP contribution in [0.5, 0.6) is 0 Å². The number of rotatable bonds is 12. The number of nitrogens with one attached hydrogen (secondary N) is 1. The Balaban J connectivity index is 1.63. The highest BCUT2D eigenvalue weighted by Gasteiger charge is 2.21. The zero-order chi connectivity index (χ0) is 28.0. The van der Waals surface area contributed by atoms with E-state index in [0.29, 0.717) is 18.5 Å². The maximum absolute atomic E-state index is 13.8. The molecule has 0 heterocycles. The first-order chi connectivity index (χ1) is 17.9. The zero-order valence-electron chi connectivity index (χ0n) is 22.6. The number of hydrogen-bond acceptors (Lipinski definition) is 4. The monoisotopic (exact) mass is 541 g/mol. The van der Waals surface area contributed by atoms with Crippen LogP contribution in [0.1, 0.15) is 73.7 Å². The summed E-state index contributed by atoms with van der Waals surface area (Å²) in [5, 5.41) is 23.6. The summed E-state index contributed by atoms with van der Waals surface area (Å²) in [4.78, 5) is 11.7. The van der Waals surface area contributed by atoms with Crippen LogP contribution >= 0.6 is 11.6 Å². The molecule has 0 aliphatic heterocycles. The van der Waals surface area contributed by atoms with Crippen LogP contribution in [-0.4, -0.2) is 41.0 Å². The van der Waals surface area contributed by atoms with Gasteiger partial charge >= 0.3 is 5.97 Å². The first kappa shape index (κ1) is 29.8. The average molecular weight is 542 g/mol. The lowest BCUT2D eigenvalue weighted by atomic mass is 9.90.